The van der Waals surface area contributed by atoms with E-state index in [2.05, 4.69) is 19.9 Å². The molecule has 1 atom stereocenters. The highest BCUT2D eigenvalue weighted by molar-refractivity contribution is 5.92. The van der Waals surface area contributed by atoms with Crippen LogP contribution in [0.5, 0.6) is 0 Å². The Morgan fingerprint density at radius 2 is 1.96 bits per heavy atom. The number of rotatable bonds is 3. The van der Waals surface area contributed by atoms with Crippen LogP contribution in [0.3, 0.4) is 0 Å². The Bertz CT molecular complexity index is 783. The molecule has 9 heteroatoms. The highest BCUT2D eigenvalue weighted by Crippen LogP contribution is 2.26. The van der Waals surface area contributed by atoms with Crippen LogP contribution in [0.15, 0.2) is 29.3 Å². The van der Waals surface area contributed by atoms with E-state index in [1.165, 1.54) is 6.39 Å². The second-order valence-electron chi connectivity index (χ2n) is 6.83. The lowest BCUT2D eigenvalue weighted by Gasteiger charge is -2.42. The number of aryl methyl sites for hydroxylation is 1. The zero-order chi connectivity index (χ0) is 18.7. The minimum Gasteiger partial charge on any atom is -0.438 e. The Balaban J connectivity index is 1.48. The number of nitrogens with zero attached hydrogens (tertiary/aromatic N) is 5. The van der Waals surface area contributed by atoms with Gasteiger partial charge in [-0.15, -0.1) is 0 Å². The van der Waals surface area contributed by atoms with Gasteiger partial charge in [0.2, 0.25) is 5.76 Å². The van der Waals surface area contributed by atoms with E-state index in [9.17, 15) is 4.79 Å². The number of aromatic nitrogens is 3. The van der Waals surface area contributed by atoms with Crippen molar-refractivity contribution in [1.82, 2.24) is 24.8 Å². The molecule has 2 aliphatic heterocycles. The predicted octanol–water partition coefficient (Wildman–Crippen LogP) is 0.864. The van der Waals surface area contributed by atoms with Gasteiger partial charge in [-0.2, -0.15) is 0 Å². The molecule has 2 aromatic heterocycles. The van der Waals surface area contributed by atoms with Crippen molar-refractivity contribution in [2.75, 3.05) is 39.4 Å². The molecule has 0 N–H and O–H groups in total. The molecule has 0 aromatic carbocycles. The first kappa shape index (κ1) is 18.0. The number of hydrogen-bond donors (Lipinski definition) is 0. The van der Waals surface area contributed by atoms with Crippen LogP contribution in [0.25, 0.3) is 0 Å². The van der Waals surface area contributed by atoms with E-state index in [0.717, 1.165) is 18.8 Å². The van der Waals surface area contributed by atoms with Gasteiger partial charge in [0.25, 0.3) is 5.91 Å². The molecular formula is C18H23N5O4. The van der Waals surface area contributed by atoms with Crippen molar-refractivity contribution < 1.29 is 18.7 Å². The summed E-state index contributed by atoms with van der Waals surface area (Å²) in [5.41, 5.74) is 0.588. The summed E-state index contributed by atoms with van der Waals surface area (Å²) in [6.45, 7) is 5.61. The van der Waals surface area contributed by atoms with Gasteiger partial charge in [0.1, 0.15) is 5.82 Å². The van der Waals surface area contributed by atoms with Gasteiger partial charge in [-0.3, -0.25) is 9.69 Å². The molecule has 2 aliphatic rings. The number of ether oxygens (including phenoxy) is 2. The van der Waals surface area contributed by atoms with Crippen LogP contribution in [0.2, 0.25) is 0 Å². The summed E-state index contributed by atoms with van der Waals surface area (Å²) in [6.07, 6.45) is 5.66. The molecule has 4 heterocycles. The van der Waals surface area contributed by atoms with Crippen LogP contribution < -0.4 is 0 Å². The maximum atomic E-state index is 12.8. The lowest BCUT2D eigenvalue weighted by atomic mass is 10.1. The first-order valence-corrected chi connectivity index (χ1v) is 9.11. The number of hydrogen-bond acceptors (Lipinski definition) is 8. The first-order valence-electron chi connectivity index (χ1n) is 9.11. The highest BCUT2D eigenvalue weighted by Gasteiger charge is 2.43. The van der Waals surface area contributed by atoms with Crippen LogP contribution >= 0.6 is 0 Å². The minimum atomic E-state index is -0.854. The molecule has 2 aromatic rings. The van der Waals surface area contributed by atoms with Gasteiger partial charge in [-0.1, -0.05) is 0 Å². The average molecular weight is 373 g/mol. The number of morpholine rings is 1. The third-order valence-electron chi connectivity index (χ3n) is 4.82. The van der Waals surface area contributed by atoms with E-state index in [-0.39, 0.29) is 11.7 Å². The third-order valence-corrected chi connectivity index (χ3v) is 4.82. The van der Waals surface area contributed by atoms with Gasteiger partial charge in [-0.25, -0.2) is 15.0 Å². The summed E-state index contributed by atoms with van der Waals surface area (Å²) in [7, 11) is 0. The van der Waals surface area contributed by atoms with Crippen molar-refractivity contribution in [3.63, 3.8) is 0 Å². The molecule has 0 bridgehead atoms. The summed E-state index contributed by atoms with van der Waals surface area (Å²) in [5, 5.41) is 0. The van der Waals surface area contributed by atoms with Crippen LogP contribution in [-0.2, 0) is 16.0 Å². The van der Waals surface area contributed by atoms with Gasteiger partial charge in [0.05, 0.1) is 38.5 Å². The maximum absolute atomic E-state index is 12.8. The second kappa shape index (κ2) is 7.71. The molecule has 1 unspecified atom stereocenters. The summed E-state index contributed by atoms with van der Waals surface area (Å²) >= 11 is 0. The predicted molar refractivity (Wildman–Crippen MR) is 93.7 cm³/mol. The number of carbonyl (C=O) groups is 1. The van der Waals surface area contributed by atoms with Crippen molar-refractivity contribution in [2.24, 2.45) is 0 Å². The normalized spacial score (nSPS) is 24.1. The van der Waals surface area contributed by atoms with E-state index in [1.807, 2.05) is 0 Å². The molecule has 0 radical (unpaired) electrons. The summed E-state index contributed by atoms with van der Waals surface area (Å²) in [5.74, 6) is -0.00289. The molecule has 9 nitrogen and oxygen atoms in total. The van der Waals surface area contributed by atoms with E-state index < -0.39 is 5.79 Å². The fourth-order valence-corrected chi connectivity index (χ4v) is 3.52. The molecule has 4 rings (SSSR count). The van der Waals surface area contributed by atoms with Crippen molar-refractivity contribution in [2.45, 2.75) is 25.7 Å². The van der Waals surface area contributed by atoms with Crippen molar-refractivity contribution in [3.05, 3.63) is 42.1 Å². The van der Waals surface area contributed by atoms with Gasteiger partial charge in [0, 0.05) is 25.5 Å². The Kier molecular flexibility index (Phi) is 5.15. The van der Waals surface area contributed by atoms with E-state index in [4.69, 9.17) is 13.9 Å². The molecule has 2 fully saturated rings. The number of oxazole rings is 1. The maximum Gasteiger partial charge on any atom is 0.291 e. The largest absolute Gasteiger partial charge is 0.438 e. The molecule has 27 heavy (non-hydrogen) atoms. The Labute approximate surface area is 157 Å². The molecule has 0 saturated carbocycles. The first-order chi connectivity index (χ1) is 13.2. The van der Waals surface area contributed by atoms with Gasteiger partial charge in [-0.05, 0) is 19.4 Å². The fourth-order valence-electron chi connectivity index (χ4n) is 3.52. The smallest absolute Gasteiger partial charge is 0.291 e. The van der Waals surface area contributed by atoms with Gasteiger partial charge >= 0.3 is 0 Å². The van der Waals surface area contributed by atoms with Crippen molar-refractivity contribution in [1.29, 1.82) is 0 Å². The molecule has 2 saturated heterocycles. The van der Waals surface area contributed by atoms with Crippen LogP contribution in [0.1, 0.15) is 28.5 Å². The Morgan fingerprint density at radius 1 is 1.15 bits per heavy atom. The fraction of sp³-hybridized carbons (Fsp3) is 0.556. The number of carbonyl (C=O) groups excluding carboxylic acids is 1. The van der Waals surface area contributed by atoms with Gasteiger partial charge in [0.15, 0.2) is 12.2 Å². The Hall–Kier alpha value is -2.36. The lowest BCUT2D eigenvalue weighted by Crippen LogP contribution is -2.59. The SMILES string of the molecule is Cc1ncoc1C(=O)N1CCOC2(CN(Cc3ncccn3)CCCO2)C1. The van der Waals surface area contributed by atoms with Crippen LogP contribution in [0.4, 0.5) is 0 Å². The monoisotopic (exact) mass is 373 g/mol. The van der Waals surface area contributed by atoms with E-state index >= 15 is 0 Å². The zero-order valence-electron chi connectivity index (χ0n) is 15.3. The standard InChI is InChI=1S/C18H23N5O4/c1-14-16(25-13-21-14)17(24)23-7-9-27-18(12-23)11-22(6-3-8-26-18)10-15-19-4-2-5-20-15/h2,4-5,13H,3,6-12H2,1H3. The zero-order valence-corrected chi connectivity index (χ0v) is 15.3. The summed E-state index contributed by atoms with van der Waals surface area (Å²) < 4.78 is 17.4. The number of amides is 1. The van der Waals surface area contributed by atoms with Crippen LogP contribution in [-0.4, -0.2) is 75.8 Å². The topological polar surface area (TPSA) is 93.8 Å². The van der Waals surface area contributed by atoms with Gasteiger partial charge < -0.3 is 18.8 Å². The molecule has 144 valence electrons. The second-order valence-corrected chi connectivity index (χ2v) is 6.83. The summed E-state index contributed by atoms with van der Waals surface area (Å²) in [4.78, 5) is 29.4. The Morgan fingerprint density at radius 3 is 2.74 bits per heavy atom. The average Bonchev–Trinajstić information content (AvgIpc) is 3.02. The van der Waals surface area contributed by atoms with Crippen molar-refractivity contribution in [3.8, 4) is 0 Å². The van der Waals surface area contributed by atoms with Crippen molar-refractivity contribution >= 4 is 5.91 Å². The quantitative estimate of drug-likeness (QED) is 0.782. The van der Waals surface area contributed by atoms with Crippen LogP contribution in [0, 0.1) is 6.92 Å². The minimum absolute atomic E-state index is 0.182. The molecule has 1 amide bonds. The summed E-state index contributed by atoms with van der Waals surface area (Å²) in [6, 6.07) is 1.80. The molecular weight excluding hydrogens is 350 g/mol. The third kappa shape index (κ3) is 4.00. The molecule has 1 spiro atoms. The highest BCUT2D eigenvalue weighted by atomic mass is 16.7. The van der Waals surface area contributed by atoms with E-state index in [0.29, 0.717) is 45.1 Å². The molecule has 0 aliphatic carbocycles. The lowest BCUT2D eigenvalue weighted by molar-refractivity contribution is -0.261. The van der Waals surface area contributed by atoms with E-state index in [1.54, 1.807) is 30.3 Å².